The van der Waals surface area contributed by atoms with Gasteiger partial charge in [-0.05, 0) is 81.1 Å². The minimum absolute atomic E-state index is 0.0226. The molecule has 1 heterocycles. The van der Waals surface area contributed by atoms with Crippen LogP contribution in [0.15, 0.2) is 23.6 Å². The van der Waals surface area contributed by atoms with Crippen LogP contribution in [0.2, 0.25) is 0 Å². The number of hydrogen-bond acceptors (Lipinski definition) is 1. The third kappa shape index (κ3) is 3.40. The molecule has 1 aromatic heterocycles. The molecule has 0 fully saturated rings. The molecule has 1 atom stereocenters. The van der Waals surface area contributed by atoms with Crippen molar-refractivity contribution in [3.8, 4) is 0 Å². The molecule has 0 aliphatic heterocycles. The lowest BCUT2D eigenvalue weighted by molar-refractivity contribution is 0.966. The third-order valence-corrected chi connectivity index (χ3v) is 5.99. The zero-order valence-corrected chi connectivity index (χ0v) is 15.9. The highest BCUT2D eigenvalue weighted by Crippen LogP contribution is 2.37. The number of aryl methyl sites for hydroxylation is 3. The van der Waals surface area contributed by atoms with Gasteiger partial charge >= 0.3 is 0 Å². The number of hydrogen-bond donors (Lipinski definition) is 0. The maximum Gasteiger partial charge on any atom is 0.0849 e. The van der Waals surface area contributed by atoms with Crippen LogP contribution < -0.4 is 0 Å². The largest absolute Gasteiger partial charge is 0.137 e. The SMILES string of the molecule is CCc1cc(CC)c(C(Cl)c2csc(I)c2)c(CC)c1. The third-order valence-electron chi connectivity index (χ3n) is 3.72. The van der Waals surface area contributed by atoms with Gasteiger partial charge in [0.05, 0.1) is 8.26 Å². The Hall–Kier alpha value is -0.0600. The lowest BCUT2D eigenvalue weighted by atomic mass is 9.90. The zero-order valence-electron chi connectivity index (χ0n) is 12.2. The summed E-state index contributed by atoms with van der Waals surface area (Å²) >= 11 is 10.9. The predicted molar refractivity (Wildman–Crippen MR) is 99.3 cm³/mol. The molecule has 0 aliphatic rings. The average molecular weight is 419 g/mol. The first-order chi connectivity index (χ1) is 9.60. The first kappa shape index (κ1) is 16.3. The number of thiophene rings is 1. The molecule has 0 saturated carbocycles. The summed E-state index contributed by atoms with van der Waals surface area (Å²) in [5.41, 5.74) is 6.80. The summed E-state index contributed by atoms with van der Waals surface area (Å²) in [5.74, 6) is 0. The first-order valence-corrected chi connectivity index (χ1v) is 9.52. The standard InChI is InChI=1S/C17H20ClIS/c1-4-11-7-12(5-2)16(13(6-3)8-11)17(18)14-9-15(19)20-10-14/h7-10,17H,4-6H2,1-3H3. The van der Waals surface area contributed by atoms with Gasteiger partial charge in [0.25, 0.3) is 0 Å². The van der Waals surface area contributed by atoms with E-state index in [1.165, 1.54) is 30.7 Å². The summed E-state index contributed by atoms with van der Waals surface area (Å²) in [6, 6.07) is 6.87. The van der Waals surface area contributed by atoms with E-state index in [9.17, 15) is 0 Å². The highest BCUT2D eigenvalue weighted by molar-refractivity contribution is 14.1. The van der Waals surface area contributed by atoms with E-state index in [4.69, 9.17) is 11.6 Å². The number of alkyl halides is 1. The molecule has 108 valence electrons. The molecule has 0 N–H and O–H groups in total. The van der Waals surface area contributed by atoms with Gasteiger partial charge in [0.2, 0.25) is 0 Å². The van der Waals surface area contributed by atoms with Gasteiger partial charge in [-0.25, -0.2) is 0 Å². The normalized spacial score (nSPS) is 12.7. The van der Waals surface area contributed by atoms with Crippen LogP contribution in [-0.4, -0.2) is 0 Å². The van der Waals surface area contributed by atoms with Crippen LogP contribution in [0.5, 0.6) is 0 Å². The average Bonchev–Trinajstić information content (AvgIpc) is 2.91. The molecular formula is C17H20ClIS. The van der Waals surface area contributed by atoms with Crippen LogP contribution in [-0.2, 0) is 19.3 Å². The van der Waals surface area contributed by atoms with Gasteiger partial charge in [-0.3, -0.25) is 0 Å². The van der Waals surface area contributed by atoms with Gasteiger partial charge in [0.15, 0.2) is 0 Å². The fraction of sp³-hybridized carbons (Fsp3) is 0.412. The van der Waals surface area contributed by atoms with Crippen LogP contribution in [0.1, 0.15) is 54.0 Å². The Morgan fingerprint density at radius 2 is 1.65 bits per heavy atom. The van der Waals surface area contributed by atoms with Crippen molar-refractivity contribution in [2.75, 3.05) is 0 Å². The second kappa shape index (κ2) is 7.28. The number of halogens is 2. The maximum atomic E-state index is 6.81. The van der Waals surface area contributed by atoms with Crippen molar-refractivity contribution in [2.45, 2.75) is 45.4 Å². The van der Waals surface area contributed by atoms with Gasteiger partial charge in [0.1, 0.15) is 0 Å². The topological polar surface area (TPSA) is 0 Å². The highest BCUT2D eigenvalue weighted by atomic mass is 127. The Morgan fingerprint density at radius 1 is 1.05 bits per heavy atom. The Kier molecular flexibility index (Phi) is 5.94. The van der Waals surface area contributed by atoms with Crippen LogP contribution in [0.3, 0.4) is 0 Å². The molecule has 2 rings (SSSR count). The smallest absolute Gasteiger partial charge is 0.0849 e. The van der Waals surface area contributed by atoms with Crippen molar-refractivity contribution < 1.29 is 0 Å². The molecule has 2 aromatic rings. The molecule has 0 nitrogen and oxygen atoms in total. The van der Waals surface area contributed by atoms with E-state index in [2.05, 4.69) is 66.9 Å². The molecule has 0 radical (unpaired) electrons. The van der Waals surface area contributed by atoms with Crippen LogP contribution in [0, 0.1) is 2.88 Å². The molecule has 1 unspecified atom stereocenters. The second-order valence-corrected chi connectivity index (χ2v) is 8.18. The van der Waals surface area contributed by atoms with Gasteiger partial charge in [0, 0.05) is 0 Å². The predicted octanol–water partition coefficient (Wildman–Crippen LogP) is 6.37. The zero-order chi connectivity index (χ0) is 14.7. The summed E-state index contributed by atoms with van der Waals surface area (Å²) in [5, 5.41) is 2.16. The van der Waals surface area contributed by atoms with Crippen molar-refractivity contribution in [3.05, 3.63) is 54.3 Å². The summed E-state index contributed by atoms with van der Waals surface area (Å²) < 4.78 is 1.30. The first-order valence-electron chi connectivity index (χ1n) is 7.13. The molecular weight excluding hydrogens is 399 g/mol. The monoisotopic (exact) mass is 418 g/mol. The van der Waals surface area contributed by atoms with Crippen molar-refractivity contribution in [1.29, 1.82) is 0 Å². The van der Waals surface area contributed by atoms with Crippen molar-refractivity contribution >= 4 is 45.5 Å². The summed E-state index contributed by atoms with van der Waals surface area (Å²) in [6.07, 6.45) is 3.17. The fourth-order valence-electron chi connectivity index (χ4n) is 2.59. The Balaban J connectivity index is 2.53. The summed E-state index contributed by atoms with van der Waals surface area (Å²) in [7, 11) is 0. The molecule has 0 bridgehead atoms. The number of benzene rings is 1. The Bertz CT molecular complexity index is 563. The maximum absolute atomic E-state index is 6.81. The highest BCUT2D eigenvalue weighted by Gasteiger charge is 2.19. The number of rotatable bonds is 5. The molecule has 0 aliphatic carbocycles. The lowest BCUT2D eigenvalue weighted by Gasteiger charge is -2.19. The van der Waals surface area contributed by atoms with E-state index in [0.29, 0.717) is 0 Å². The Morgan fingerprint density at radius 3 is 2.05 bits per heavy atom. The molecule has 20 heavy (non-hydrogen) atoms. The fourth-order valence-corrected chi connectivity index (χ4v) is 4.47. The van der Waals surface area contributed by atoms with Crippen LogP contribution >= 0.6 is 45.5 Å². The molecule has 0 spiro atoms. The van der Waals surface area contributed by atoms with Crippen LogP contribution in [0.25, 0.3) is 0 Å². The van der Waals surface area contributed by atoms with Gasteiger partial charge < -0.3 is 0 Å². The van der Waals surface area contributed by atoms with E-state index < -0.39 is 0 Å². The van der Waals surface area contributed by atoms with E-state index in [1.54, 1.807) is 11.3 Å². The summed E-state index contributed by atoms with van der Waals surface area (Å²) in [4.78, 5) is 0. The van der Waals surface area contributed by atoms with E-state index in [0.717, 1.165) is 19.3 Å². The van der Waals surface area contributed by atoms with E-state index >= 15 is 0 Å². The van der Waals surface area contributed by atoms with Crippen molar-refractivity contribution in [3.63, 3.8) is 0 Å². The lowest BCUT2D eigenvalue weighted by Crippen LogP contribution is -2.04. The van der Waals surface area contributed by atoms with E-state index in [1.807, 2.05) is 0 Å². The minimum atomic E-state index is -0.0226. The molecule has 1 aromatic carbocycles. The second-order valence-electron chi connectivity index (χ2n) is 4.94. The van der Waals surface area contributed by atoms with Crippen molar-refractivity contribution in [1.82, 2.24) is 0 Å². The summed E-state index contributed by atoms with van der Waals surface area (Å²) in [6.45, 7) is 6.66. The quantitative estimate of drug-likeness (QED) is 0.391. The van der Waals surface area contributed by atoms with Gasteiger partial charge in [-0.2, -0.15) is 0 Å². The minimum Gasteiger partial charge on any atom is -0.137 e. The molecule has 3 heteroatoms. The molecule has 0 amide bonds. The molecule has 0 saturated heterocycles. The van der Waals surface area contributed by atoms with E-state index in [-0.39, 0.29) is 5.38 Å². The van der Waals surface area contributed by atoms with Crippen molar-refractivity contribution in [2.24, 2.45) is 0 Å². The van der Waals surface area contributed by atoms with Gasteiger partial charge in [-0.15, -0.1) is 22.9 Å². The van der Waals surface area contributed by atoms with Gasteiger partial charge in [-0.1, -0.05) is 32.9 Å². The van der Waals surface area contributed by atoms with Crippen LogP contribution in [0.4, 0.5) is 0 Å². The Labute approximate surface area is 144 Å².